The number of ether oxygens (including phenoxy) is 2. The number of hydrogen-bond donors (Lipinski definition) is 2. The first-order chi connectivity index (χ1) is 16.6. The lowest BCUT2D eigenvalue weighted by Gasteiger charge is -2.28. The number of carbonyl (C=O) groups is 3. The maximum absolute atomic E-state index is 12.9. The zero-order valence-corrected chi connectivity index (χ0v) is 18.7. The summed E-state index contributed by atoms with van der Waals surface area (Å²) < 4.78 is 10.6. The average Bonchev–Trinajstić information content (AvgIpc) is 3.17. The van der Waals surface area contributed by atoms with E-state index < -0.39 is 12.1 Å². The van der Waals surface area contributed by atoms with Crippen LogP contribution in [-0.4, -0.2) is 74.2 Å². The summed E-state index contributed by atoms with van der Waals surface area (Å²) in [5.74, 6) is 6.48. The molecular formula is C24H25N5O5. The molecule has 0 bridgehead atoms. The lowest BCUT2D eigenvalue weighted by molar-refractivity contribution is -0.108. The Bertz CT molecular complexity index is 1140. The summed E-state index contributed by atoms with van der Waals surface area (Å²) in [7, 11) is 1.54. The Morgan fingerprint density at radius 3 is 2.88 bits per heavy atom. The van der Waals surface area contributed by atoms with Crippen molar-refractivity contribution in [1.29, 1.82) is 0 Å². The van der Waals surface area contributed by atoms with Gasteiger partial charge in [-0.25, -0.2) is 4.79 Å². The molecule has 3 heterocycles. The molecule has 0 radical (unpaired) electrons. The van der Waals surface area contributed by atoms with Crippen LogP contribution in [0.4, 0.5) is 10.5 Å². The van der Waals surface area contributed by atoms with E-state index in [0.717, 1.165) is 24.3 Å². The summed E-state index contributed by atoms with van der Waals surface area (Å²) in [6.07, 6.45) is 3.71. The summed E-state index contributed by atoms with van der Waals surface area (Å²) in [6, 6.07) is 5.87. The number of nitrogens with zero attached hydrogens (tertiary/aromatic N) is 3. The van der Waals surface area contributed by atoms with Gasteiger partial charge in [0, 0.05) is 37.0 Å². The molecule has 4 amide bonds. The van der Waals surface area contributed by atoms with Crippen LogP contribution in [0, 0.1) is 11.8 Å². The first kappa shape index (κ1) is 23.1. The van der Waals surface area contributed by atoms with Crippen molar-refractivity contribution >= 4 is 24.0 Å². The minimum absolute atomic E-state index is 0.145. The van der Waals surface area contributed by atoms with Crippen molar-refractivity contribution in [3.05, 3.63) is 53.3 Å². The van der Waals surface area contributed by atoms with Gasteiger partial charge in [0.05, 0.1) is 38.8 Å². The molecule has 1 saturated heterocycles. The number of morpholine rings is 1. The number of carbonyl (C=O) groups excluding carboxylic acids is 3. The molecule has 0 aliphatic carbocycles. The van der Waals surface area contributed by atoms with Crippen LogP contribution in [0.25, 0.3) is 0 Å². The first-order valence-corrected chi connectivity index (χ1v) is 10.8. The van der Waals surface area contributed by atoms with Crippen molar-refractivity contribution in [1.82, 2.24) is 20.5 Å². The molecule has 1 aromatic carbocycles. The van der Waals surface area contributed by atoms with Crippen LogP contribution >= 0.6 is 0 Å². The van der Waals surface area contributed by atoms with E-state index in [2.05, 4.69) is 27.0 Å². The Balaban J connectivity index is 1.51. The van der Waals surface area contributed by atoms with Crippen molar-refractivity contribution in [3.8, 4) is 17.6 Å². The molecule has 1 atom stereocenters. The number of hydrogen-bond acceptors (Lipinski definition) is 7. The predicted octanol–water partition coefficient (Wildman–Crippen LogP) is 0.759. The number of benzene rings is 1. The van der Waals surface area contributed by atoms with Crippen LogP contribution in [0.15, 0.2) is 36.7 Å². The number of methoxy groups -OCH3 is 1. The SMILES string of the molecule is COc1ccc2c(c1)C(=O)N(C[C@@H](C#Cc1cncc(N3CCOCC3)c1)NC(=O)NC=O)C2. The van der Waals surface area contributed by atoms with Crippen molar-refractivity contribution in [2.75, 3.05) is 44.9 Å². The monoisotopic (exact) mass is 463 g/mol. The Morgan fingerprint density at radius 1 is 1.29 bits per heavy atom. The van der Waals surface area contributed by atoms with Gasteiger partial charge in [0.25, 0.3) is 5.91 Å². The molecule has 10 heteroatoms. The maximum atomic E-state index is 12.9. The number of anilines is 1. The molecule has 0 saturated carbocycles. The molecule has 34 heavy (non-hydrogen) atoms. The number of imide groups is 1. The third-order valence-corrected chi connectivity index (χ3v) is 5.58. The minimum atomic E-state index is -0.716. The van der Waals surface area contributed by atoms with E-state index in [9.17, 15) is 14.4 Å². The molecular weight excluding hydrogens is 438 g/mol. The van der Waals surface area contributed by atoms with Gasteiger partial charge in [-0.3, -0.25) is 19.9 Å². The quantitative estimate of drug-likeness (QED) is 0.480. The summed E-state index contributed by atoms with van der Waals surface area (Å²) in [5.41, 5.74) is 3.05. The number of rotatable bonds is 6. The fourth-order valence-electron chi connectivity index (χ4n) is 3.88. The Hall–Kier alpha value is -4.10. The molecule has 0 spiro atoms. The van der Waals surface area contributed by atoms with E-state index in [-0.39, 0.29) is 12.5 Å². The van der Waals surface area contributed by atoms with Gasteiger partial charge in [0.2, 0.25) is 6.41 Å². The maximum Gasteiger partial charge on any atom is 0.322 e. The fourth-order valence-corrected chi connectivity index (χ4v) is 3.88. The predicted molar refractivity (Wildman–Crippen MR) is 123 cm³/mol. The number of urea groups is 1. The van der Waals surface area contributed by atoms with Crippen LogP contribution in [0.3, 0.4) is 0 Å². The summed E-state index contributed by atoms with van der Waals surface area (Å²) in [6.45, 7) is 3.40. The second-order valence-electron chi connectivity index (χ2n) is 7.80. The molecule has 10 nitrogen and oxygen atoms in total. The number of amides is 4. The van der Waals surface area contributed by atoms with Gasteiger partial charge in [0.15, 0.2) is 0 Å². The van der Waals surface area contributed by atoms with Gasteiger partial charge in [-0.1, -0.05) is 17.9 Å². The molecule has 176 valence electrons. The van der Waals surface area contributed by atoms with Crippen molar-refractivity contribution in [2.24, 2.45) is 0 Å². The highest BCUT2D eigenvalue weighted by atomic mass is 16.5. The number of nitrogens with one attached hydrogen (secondary N) is 2. The summed E-state index contributed by atoms with van der Waals surface area (Å²) in [5, 5.41) is 4.69. The largest absolute Gasteiger partial charge is 0.497 e. The van der Waals surface area contributed by atoms with Gasteiger partial charge >= 0.3 is 6.03 Å². The third kappa shape index (κ3) is 5.44. The van der Waals surface area contributed by atoms with Gasteiger partial charge < -0.3 is 24.6 Å². The van der Waals surface area contributed by atoms with Gasteiger partial charge in [-0.2, -0.15) is 0 Å². The zero-order valence-electron chi connectivity index (χ0n) is 18.7. The third-order valence-electron chi connectivity index (χ3n) is 5.58. The highest BCUT2D eigenvalue weighted by Gasteiger charge is 2.29. The normalized spacial score (nSPS) is 15.6. The Kier molecular flexibility index (Phi) is 7.25. The van der Waals surface area contributed by atoms with E-state index in [0.29, 0.717) is 43.0 Å². The van der Waals surface area contributed by atoms with Crippen LogP contribution in [-0.2, 0) is 16.1 Å². The average molecular weight is 463 g/mol. The van der Waals surface area contributed by atoms with E-state index in [1.54, 1.807) is 36.5 Å². The molecule has 4 rings (SSSR count). The van der Waals surface area contributed by atoms with E-state index >= 15 is 0 Å². The second-order valence-corrected chi connectivity index (χ2v) is 7.80. The van der Waals surface area contributed by atoms with Crippen LogP contribution in [0.1, 0.15) is 21.5 Å². The van der Waals surface area contributed by atoms with Crippen molar-refractivity contribution < 1.29 is 23.9 Å². The first-order valence-electron chi connectivity index (χ1n) is 10.8. The summed E-state index contributed by atoms with van der Waals surface area (Å²) in [4.78, 5) is 43.6. The molecule has 0 unspecified atom stereocenters. The number of pyridine rings is 1. The summed E-state index contributed by atoms with van der Waals surface area (Å²) >= 11 is 0. The highest BCUT2D eigenvalue weighted by Crippen LogP contribution is 2.26. The Morgan fingerprint density at radius 2 is 2.12 bits per heavy atom. The second kappa shape index (κ2) is 10.7. The standard InChI is InChI=1S/C24H25N5O5/c1-33-21-5-3-18-14-29(23(31)22(18)11-21)15-19(27-24(32)26-16-30)4-2-17-10-20(13-25-12-17)28-6-8-34-9-7-28/h3,5,10-13,16,19H,6-9,14-15H2,1H3,(H2,26,27,30,32)/t19-/m1/s1. The van der Waals surface area contributed by atoms with Crippen LogP contribution in [0.2, 0.25) is 0 Å². The number of fused-ring (bicyclic) bond motifs is 1. The number of aromatic nitrogens is 1. The van der Waals surface area contributed by atoms with Gasteiger partial charge in [0.1, 0.15) is 11.8 Å². The van der Waals surface area contributed by atoms with Gasteiger partial charge in [-0.05, 0) is 23.8 Å². The highest BCUT2D eigenvalue weighted by molar-refractivity contribution is 5.98. The lowest BCUT2D eigenvalue weighted by atomic mass is 10.1. The molecule has 2 N–H and O–H groups in total. The van der Waals surface area contributed by atoms with Crippen LogP contribution < -0.4 is 20.3 Å². The van der Waals surface area contributed by atoms with E-state index in [1.165, 1.54) is 0 Å². The molecule has 2 aliphatic heterocycles. The molecule has 1 aromatic heterocycles. The lowest BCUT2D eigenvalue weighted by Crippen LogP contribution is -2.46. The van der Waals surface area contributed by atoms with Crippen LogP contribution in [0.5, 0.6) is 5.75 Å². The van der Waals surface area contributed by atoms with Gasteiger partial charge in [-0.15, -0.1) is 0 Å². The van der Waals surface area contributed by atoms with Crippen molar-refractivity contribution in [3.63, 3.8) is 0 Å². The minimum Gasteiger partial charge on any atom is -0.497 e. The molecule has 2 aromatic rings. The molecule has 1 fully saturated rings. The zero-order chi connectivity index (χ0) is 23.9. The fraction of sp³-hybridized carbons (Fsp3) is 0.333. The van der Waals surface area contributed by atoms with E-state index in [4.69, 9.17) is 9.47 Å². The molecule has 2 aliphatic rings. The topological polar surface area (TPSA) is 113 Å². The van der Waals surface area contributed by atoms with E-state index in [1.807, 2.05) is 17.4 Å². The van der Waals surface area contributed by atoms with Crippen molar-refractivity contribution in [2.45, 2.75) is 12.6 Å². The Labute approximate surface area is 197 Å². The smallest absolute Gasteiger partial charge is 0.322 e.